The number of carbonyl (C=O) groups is 1. The molecule has 0 bridgehead atoms. The monoisotopic (exact) mass is 319 g/mol. The van der Waals surface area contributed by atoms with Gasteiger partial charge in [0.1, 0.15) is 0 Å². The molecule has 2 aliphatic rings. The zero-order valence-electron chi connectivity index (χ0n) is 12.5. The van der Waals surface area contributed by atoms with E-state index in [1.807, 2.05) is 6.92 Å². The minimum atomic E-state index is -2.88. The van der Waals surface area contributed by atoms with Crippen molar-refractivity contribution in [1.82, 2.24) is 15.5 Å². The van der Waals surface area contributed by atoms with Crippen LogP contribution in [0.1, 0.15) is 13.3 Å². The molecule has 2 N–H and O–H groups in total. The molecule has 2 atom stereocenters. The zero-order valence-corrected chi connectivity index (χ0v) is 13.3. The smallest absolute Gasteiger partial charge is 0.315 e. The Kier molecular flexibility index (Phi) is 5.83. The molecular weight excluding hydrogens is 294 g/mol. The minimum absolute atomic E-state index is 0.0512. The zero-order chi connectivity index (χ0) is 15.3. The van der Waals surface area contributed by atoms with Crippen LogP contribution in [0.4, 0.5) is 4.79 Å². The number of nitrogens with zero attached hydrogens (tertiary/aromatic N) is 1. The second kappa shape index (κ2) is 7.42. The topological polar surface area (TPSA) is 87.7 Å². The van der Waals surface area contributed by atoms with Gasteiger partial charge in [0, 0.05) is 32.2 Å². The average molecular weight is 319 g/mol. The summed E-state index contributed by atoms with van der Waals surface area (Å²) >= 11 is 0. The second-order valence-corrected chi connectivity index (χ2v) is 8.17. The van der Waals surface area contributed by atoms with Gasteiger partial charge in [-0.1, -0.05) is 0 Å². The van der Waals surface area contributed by atoms with E-state index in [-0.39, 0.29) is 29.5 Å². The molecule has 0 unspecified atom stereocenters. The van der Waals surface area contributed by atoms with Crippen LogP contribution >= 0.6 is 0 Å². The van der Waals surface area contributed by atoms with E-state index in [2.05, 4.69) is 15.5 Å². The minimum Gasteiger partial charge on any atom is -0.379 e. The maximum Gasteiger partial charge on any atom is 0.315 e. The number of rotatable bonds is 5. The normalized spacial score (nSPS) is 27.2. The number of ether oxygens (including phenoxy) is 1. The Labute approximate surface area is 126 Å². The first kappa shape index (κ1) is 16.5. The number of amides is 2. The molecule has 0 aromatic rings. The third-order valence-electron chi connectivity index (χ3n) is 3.89. The number of urea groups is 1. The number of morpholine rings is 1. The molecular formula is C13H25N3O4S. The van der Waals surface area contributed by atoms with Gasteiger partial charge in [-0.3, -0.25) is 4.90 Å². The highest BCUT2D eigenvalue weighted by Gasteiger charge is 2.28. The van der Waals surface area contributed by atoms with E-state index < -0.39 is 9.84 Å². The van der Waals surface area contributed by atoms with Crippen LogP contribution in [0.15, 0.2) is 0 Å². The third-order valence-corrected chi connectivity index (χ3v) is 5.73. The molecule has 7 nitrogen and oxygen atoms in total. The highest BCUT2D eigenvalue weighted by molar-refractivity contribution is 7.91. The molecule has 2 saturated heterocycles. The molecule has 2 amide bonds. The maximum atomic E-state index is 11.8. The highest BCUT2D eigenvalue weighted by atomic mass is 32.2. The van der Waals surface area contributed by atoms with Gasteiger partial charge in [0.15, 0.2) is 9.84 Å². The van der Waals surface area contributed by atoms with Crippen molar-refractivity contribution >= 4 is 15.9 Å². The Morgan fingerprint density at radius 1 is 1.38 bits per heavy atom. The van der Waals surface area contributed by atoms with Gasteiger partial charge in [-0.2, -0.15) is 0 Å². The van der Waals surface area contributed by atoms with Crippen molar-refractivity contribution < 1.29 is 17.9 Å². The molecule has 2 aliphatic heterocycles. The molecule has 21 heavy (non-hydrogen) atoms. The van der Waals surface area contributed by atoms with Gasteiger partial charge >= 0.3 is 6.03 Å². The number of hydrogen-bond acceptors (Lipinski definition) is 5. The van der Waals surface area contributed by atoms with Crippen LogP contribution in [0.25, 0.3) is 0 Å². The molecule has 0 aliphatic carbocycles. The van der Waals surface area contributed by atoms with Crippen LogP contribution < -0.4 is 10.6 Å². The number of nitrogens with one attached hydrogen (secondary N) is 2. The van der Waals surface area contributed by atoms with Crippen LogP contribution in [0.2, 0.25) is 0 Å². The molecule has 122 valence electrons. The van der Waals surface area contributed by atoms with E-state index in [0.717, 1.165) is 32.8 Å². The lowest BCUT2D eigenvalue weighted by Gasteiger charge is -2.29. The maximum absolute atomic E-state index is 11.8. The summed E-state index contributed by atoms with van der Waals surface area (Å²) in [5.74, 6) is 0.487. The van der Waals surface area contributed by atoms with Crippen molar-refractivity contribution in [1.29, 1.82) is 0 Å². The molecule has 0 saturated carbocycles. The summed E-state index contributed by atoms with van der Waals surface area (Å²) in [6, 6.07) is -0.171. The fourth-order valence-electron chi connectivity index (χ4n) is 2.76. The predicted octanol–water partition coefficient (Wildman–Crippen LogP) is -0.559. The van der Waals surface area contributed by atoms with Crippen molar-refractivity contribution in [3.63, 3.8) is 0 Å². The summed E-state index contributed by atoms with van der Waals surface area (Å²) in [5.41, 5.74) is 0. The SMILES string of the molecule is C[C@H](CN1CCOCC1)NC(=O)NC[C@@H]1CCS(=O)(=O)C1. The van der Waals surface area contributed by atoms with Gasteiger partial charge in [0.05, 0.1) is 24.7 Å². The van der Waals surface area contributed by atoms with Gasteiger partial charge in [-0.05, 0) is 19.3 Å². The van der Waals surface area contributed by atoms with Gasteiger partial charge in [-0.25, -0.2) is 13.2 Å². The standard InChI is InChI=1S/C13H25N3O4S/c1-11(9-16-3-5-20-6-4-16)15-13(17)14-8-12-2-7-21(18,19)10-12/h11-12H,2-10H2,1H3,(H2,14,15,17)/t11-,12+/m1/s1. The van der Waals surface area contributed by atoms with Crippen LogP contribution in [0.3, 0.4) is 0 Å². The van der Waals surface area contributed by atoms with E-state index in [9.17, 15) is 13.2 Å². The van der Waals surface area contributed by atoms with E-state index in [0.29, 0.717) is 13.0 Å². The molecule has 8 heteroatoms. The molecule has 2 fully saturated rings. The molecule has 0 radical (unpaired) electrons. The Morgan fingerprint density at radius 3 is 2.71 bits per heavy atom. The summed E-state index contributed by atoms with van der Waals surface area (Å²) in [6.07, 6.45) is 0.645. The van der Waals surface area contributed by atoms with Crippen molar-refractivity contribution in [2.75, 3.05) is 50.9 Å². The Morgan fingerprint density at radius 2 is 2.10 bits per heavy atom. The van der Waals surface area contributed by atoms with Crippen molar-refractivity contribution in [2.45, 2.75) is 19.4 Å². The summed E-state index contributed by atoms with van der Waals surface area (Å²) in [7, 11) is -2.88. The van der Waals surface area contributed by atoms with Crippen LogP contribution in [0, 0.1) is 5.92 Å². The quantitative estimate of drug-likeness (QED) is 0.709. The first-order valence-electron chi connectivity index (χ1n) is 7.49. The van der Waals surface area contributed by atoms with Crippen molar-refractivity contribution in [3.8, 4) is 0 Å². The number of sulfone groups is 1. The molecule has 0 aromatic heterocycles. The van der Waals surface area contributed by atoms with Crippen LogP contribution in [0.5, 0.6) is 0 Å². The lowest BCUT2D eigenvalue weighted by Crippen LogP contribution is -2.49. The Bertz CT molecular complexity index is 448. The second-order valence-electron chi connectivity index (χ2n) is 5.94. The number of hydrogen-bond donors (Lipinski definition) is 2. The van der Waals surface area contributed by atoms with E-state index in [4.69, 9.17) is 4.74 Å². The first-order valence-corrected chi connectivity index (χ1v) is 9.31. The number of carbonyl (C=O) groups excluding carboxylic acids is 1. The van der Waals surface area contributed by atoms with Gasteiger partial charge in [0.2, 0.25) is 0 Å². The lowest BCUT2D eigenvalue weighted by atomic mass is 10.1. The molecule has 2 rings (SSSR count). The average Bonchev–Trinajstić information content (AvgIpc) is 2.77. The first-order chi connectivity index (χ1) is 9.94. The lowest BCUT2D eigenvalue weighted by molar-refractivity contribution is 0.0349. The van der Waals surface area contributed by atoms with Gasteiger partial charge < -0.3 is 15.4 Å². The highest BCUT2D eigenvalue weighted by Crippen LogP contribution is 2.17. The summed E-state index contributed by atoms with van der Waals surface area (Å²) in [5, 5.41) is 5.66. The summed E-state index contributed by atoms with van der Waals surface area (Å²) in [4.78, 5) is 14.1. The van der Waals surface area contributed by atoms with Crippen LogP contribution in [-0.4, -0.2) is 76.3 Å². The Hall–Kier alpha value is -0.860. The van der Waals surface area contributed by atoms with Crippen LogP contribution in [-0.2, 0) is 14.6 Å². The molecule has 2 heterocycles. The van der Waals surface area contributed by atoms with E-state index in [1.165, 1.54) is 0 Å². The largest absolute Gasteiger partial charge is 0.379 e. The fraction of sp³-hybridized carbons (Fsp3) is 0.923. The third kappa shape index (κ3) is 5.80. The van der Waals surface area contributed by atoms with E-state index in [1.54, 1.807) is 0 Å². The summed E-state index contributed by atoms with van der Waals surface area (Å²) in [6.45, 7) is 6.48. The van der Waals surface area contributed by atoms with Gasteiger partial charge in [0.25, 0.3) is 0 Å². The predicted molar refractivity (Wildman–Crippen MR) is 80.0 cm³/mol. The van der Waals surface area contributed by atoms with Gasteiger partial charge in [-0.15, -0.1) is 0 Å². The Balaban J connectivity index is 1.62. The van der Waals surface area contributed by atoms with Crippen molar-refractivity contribution in [3.05, 3.63) is 0 Å². The van der Waals surface area contributed by atoms with Crippen molar-refractivity contribution in [2.24, 2.45) is 5.92 Å². The molecule has 0 spiro atoms. The molecule has 0 aromatic carbocycles. The summed E-state index contributed by atoms with van der Waals surface area (Å²) < 4.78 is 28.0. The van der Waals surface area contributed by atoms with E-state index >= 15 is 0 Å². The fourth-order valence-corrected chi connectivity index (χ4v) is 4.62.